The van der Waals surface area contributed by atoms with E-state index >= 15 is 0 Å². The topological polar surface area (TPSA) is 41.6 Å². The average Bonchev–Trinajstić information content (AvgIpc) is 3.48. The molecule has 4 nitrogen and oxygen atoms in total. The molecule has 0 bridgehead atoms. The summed E-state index contributed by atoms with van der Waals surface area (Å²) in [5, 5.41) is 2.26. The van der Waals surface area contributed by atoms with Crippen LogP contribution in [0.3, 0.4) is 0 Å². The molecule has 1 saturated heterocycles. The van der Waals surface area contributed by atoms with Gasteiger partial charge in [0.1, 0.15) is 0 Å². The van der Waals surface area contributed by atoms with Crippen molar-refractivity contribution in [2.75, 3.05) is 6.61 Å². The van der Waals surface area contributed by atoms with Crippen molar-refractivity contribution in [1.29, 1.82) is 0 Å². The summed E-state index contributed by atoms with van der Waals surface area (Å²) in [5.41, 5.74) is 5.10. The maximum atomic E-state index is 12.3. The lowest BCUT2D eigenvalue weighted by atomic mass is 9.87. The Morgan fingerprint density at radius 3 is 2.85 bits per heavy atom. The van der Waals surface area contributed by atoms with E-state index in [-0.39, 0.29) is 12.1 Å². The van der Waals surface area contributed by atoms with Crippen molar-refractivity contribution in [3.63, 3.8) is 0 Å². The first-order chi connectivity index (χ1) is 12.6. The van der Waals surface area contributed by atoms with Gasteiger partial charge in [-0.3, -0.25) is 10.2 Å². The number of piperidine rings is 1. The highest BCUT2D eigenvalue weighted by Gasteiger charge is 2.38. The van der Waals surface area contributed by atoms with Crippen LogP contribution in [0.4, 0.5) is 0 Å². The van der Waals surface area contributed by atoms with Gasteiger partial charge in [-0.05, 0) is 51.0 Å². The Balaban J connectivity index is 1.61. The number of allylic oxidation sites excluding steroid dienone is 2. The molecule has 0 aromatic heterocycles. The fraction of sp³-hybridized carbons (Fsp3) is 0.773. The number of hydrazine groups is 1. The number of hydrogen-bond acceptors (Lipinski definition) is 4. The van der Waals surface area contributed by atoms with Gasteiger partial charge in [-0.2, -0.15) is 0 Å². The van der Waals surface area contributed by atoms with Crippen LogP contribution in [0.5, 0.6) is 0 Å². The average molecular weight is 361 g/mol. The molecule has 2 fully saturated rings. The molecule has 4 unspecified atom stereocenters. The summed E-state index contributed by atoms with van der Waals surface area (Å²) in [4.78, 5) is 12.3. The van der Waals surface area contributed by atoms with Crippen LogP contribution in [0, 0.1) is 5.92 Å². The number of Topliss-reactive ketones (excluding diaryl/α,β-unsaturated/α-hetero) is 1. The van der Waals surface area contributed by atoms with E-state index in [1.165, 1.54) is 31.3 Å². The maximum absolute atomic E-state index is 12.3. The normalized spacial score (nSPS) is 31.1. The molecule has 4 atom stereocenters. The smallest absolute Gasteiger partial charge is 0.151 e. The van der Waals surface area contributed by atoms with E-state index in [0.717, 1.165) is 31.8 Å². The van der Waals surface area contributed by atoms with Gasteiger partial charge in [-0.25, -0.2) is 5.01 Å². The number of rotatable bonds is 9. The van der Waals surface area contributed by atoms with Gasteiger partial charge in [0.2, 0.25) is 0 Å². The second kappa shape index (κ2) is 9.29. The van der Waals surface area contributed by atoms with Crippen molar-refractivity contribution in [3.8, 4) is 0 Å². The molecule has 146 valence electrons. The van der Waals surface area contributed by atoms with E-state index in [4.69, 9.17) is 4.74 Å². The van der Waals surface area contributed by atoms with E-state index in [2.05, 4.69) is 49.4 Å². The van der Waals surface area contributed by atoms with Gasteiger partial charge in [0.25, 0.3) is 0 Å². The third-order valence-electron chi connectivity index (χ3n) is 6.15. The zero-order valence-electron chi connectivity index (χ0n) is 16.7. The molecule has 0 spiro atoms. The van der Waals surface area contributed by atoms with E-state index in [0.29, 0.717) is 24.3 Å². The minimum absolute atomic E-state index is 0.0503. The van der Waals surface area contributed by atoms with Gasteiger partial charge in [0.15, 0.2) is 5.78 Å². The molecule has 1 N–H and O–H groups in total. The molecular formula is C22H36N2O2. The summed E-state index contributed by atoms with van der Waals surface area (Å²) in [5.74, 6) is 1.13. The zero-order chi connectivity index (χ0) is 18.5. The van der Waals surface area contributed by atoms with Crippen LogP contribution >= 0.6 is 0 Å². The van der Waals surface area contributed by atoms with Gasteiger partial charge >= 0.3 is 0 Å². The van der Waals surface area contributed by atoms with E-state index in [1.54, 1.807) is 0 Å². The first kappa shape index (κ1) is 19.8. The molecule has 2 aliphatic carbocycles. The molecule has 0 radical (unpaired) electrons. The summed E-state index contributed by atoms with van der Waals surface area (Å²) in [7, 11) is 0. The fourth-order valence-electron chi connectivity index (χ4n) is 4.17. The lowest BCUT2D eigenvalue weighted by Gasteiger charge is -2.43. The van der Waals surface area contributed by atoms with E-state index in [1.807, 2.05) is 0 Å². The molecule has 1 saturated carbocycles. The van der Waals surface area contributed by atoms with Crippen LogP contribution in [0.1, 0.15) is 72.1 Å². The highest BCUT2D eigenvalue weighted by Crippen LogP contribution is 2.34. The summed E-state index contributed by atoms with van der Waals surface area (Å²) in [6, 6.07) is 0.702. The Labute approximate surface area is 159 Å². The largest absolute Gasteiger partial charge is 0.374 e. The molecule has 3 aliphatic rings. The first-order valence-electron chi connectivity index (χ1n) is 10.7. The van der Waals surface area contributed by atoms with E-state index < -0.39 is 0 Å². The van der Waals surface area contributed by atoms with Crippen molar-refractivity contribution in [2.24, 2.45) is 5.92 Å². The highest BCUT2D eigenvalue weighted by atomic mass is 16.5. The lowest BCUT2D eigenvalue weighted by Crippen LogP contribution is -2.60. The van der Waals surface area contributed by atoms with Crippen LogP contribution < -0.4 is 5.43 Å². The number of nitrogens with one attached hydrogen (secondary N) is 1. The second-order valence-corrected chi connectivity index (χ2v) is 8.31. The van der Waals surface area contributed by atoms with Crippen molar-refractivity contribution >= 4 is 5.78 Å². The molecule has 1 heterocycles. The van der Waals surface area contributed by atoms with Crippen LogP contribution in [0.25, 0.3) is 0 Å². The highest BCUT2D eigenvalue weighted by molar-refractivity contribution is 5.84. The minimum Gasteiger partial charge on any atom is -0.374 e. The number of carbonyl (C=O) groups is 1. The molecule has 1 aliphatic heterocycles. The van der Waals surface area contributed by atoms with Gasteiger partial charge in [-0.1, -0.05) is 38.0 Å². The standard InChI is InChI=1S/C22H36N2O2/c1-4-5-6-14-26-20-9-7-8-19(15-20)21-12-13-22(25)17(3)24(21)23-16(2)18-10-11-18/h7-9,16-18,20-21,23H,4-6,10-15H2,1-3H3. The van der Waals surface area contributed by atoms with Gasteiger partial charge in [0.05, 0.1) is 12.1 Å². The van der Waals surface area contributed by atoms with Gasteiger partial charge in [-0.15, -0.1) is 0 Å². The van der Waals surface area contributed by atoms with Crippen LogP contribution in [0.2, 0.25) is 0 Å². The molecular weight excluding hydrogens is 324 g/mol. The fourth-order valence-corrected chi connectivity index (χ4v) is 4.17. The van der Waals surface area contributed by atoms with Crippen LogP contribution in [0.15, 0.2) is 23.8 Å². The monoisotopic (exact) mass is 360 g/mol. The Morgan fingerprint density at radius 2 is 2.12 bits per heavy atom. The Hall–Kier alpha value is -0.970. The van der Waals surface area contributed by atoms with Gasteiger partial charge in [0, 0.05) is 31.5 Å². The second-order valence-electron chi connectivity index (χ2n) is 8.31. The van der Waals surface area contributed by atoms with Gasteiger partial charge < -0.3 is 4.74 Å². The molecule has 0 aromatic rings. The van der Waals surface area contributed by atoms with Crippen molar-refractivity contribution < 1.29 is 9.53 Å². The molecule has 0 aromatic carbocycles. The number of carbonyl (C=O) groups excluding carboxylic acids is 1. The predicted octanol–water partition coefficient (Wildman–Crippen LogP) is 4.17. The quantitative estimate of drug-likeness (QED) is 0.627. The van der Waals surface area contributed by atoms with Crippen molar-refractivity contribution in [2.45, 2.75) is 96.4 Å². The number of unbranched alkanes of at least 4 members (excludes halogenated alkanes) is 2. The number of ether oxygens (including phenoxy) is 1. The number of hydrogen-bond donors (Lipinski definition) is 1. The summed E-state index contributed by atoms with van der Waals surface area (Å²) < 4.78 is 6.09. The minimum atomic E-state index is -0.0503. The predicted molar refractivity (Wildman–Crippen MR) is 106 cm³/mol. The van der Waals surface area contributed by atoms with Crippen molar-refractivity contribution in [1.82, 2.24) is 10.4 Å². The van der Waals surface area contributed by atoms with Crippen LogP contribution in [-0.2, 0) is 9.53 Å². The third-order valence-corrected chi connectivity index (χ3v) is 6.15. The summed E-state index contributed by atoms with van der Waals surface area (Å²) in [6.07, 6.45) is 15.5. The molecule has 3 rings (SSSR count). The first-order valence-corrected chi connectivity index (χ1v) is 10.7. The summed E-state index contributed by atoms with van der Waals surface area (Å²) >= 11 is 0. The summed E-state index contributed by atoms with van der Waals surface area (Å²) in [6.45, 7) is 7.38. The lowest BCUT2D eigenvalue weighted by molar-refractivity contribution is -0.130. The number of ketones is 1. The number of nitrogens with zero attached hydrogens (tertiary/aromatic N) is 1. The molecule has 4 heteroatoms. The SMILES string of the molecule is CCCCCOC1C=CC=C(C2CCC(=O)C(C)N2NC(C)C2CC2)C1. The molecule has 0 amide bonds. The molecule has 26 heavy (non-hydrogen) atoms. The third kappa shape index (κ3) is 5.05. The Morgan fingerprint density at radius 1 is 1.31 bits per heavy atom. The van der Waals surface area contributed by atoms with E-state index in [9.17, 15) is 4.79 Å². The Kier molecular flexibility index (Phi) is 7.07. The maximum Gasteiger partial charge on any atom is 0.151 e. The van der Waals surface area contributed by atoms with Crippen molar-refractivity contribution in [3.05, 3.63) is 23.8 Å². The van der Waals surface area contributed by atoms with Crippen LogP contribution in [-0.4, -0.2) is 41.6 Å². The zero-order valence-corrected chi connectivity index (χ0v) is 16.7. The Bertz CT molecular complexity index is 538.